The smallest absolute Gasteiger partial charge is 0.255 e. The van der Waals surface area contributed by atoms with Crippen LogP contribution in [0.15, 0.2) is 83.2 Å². The molecule has 0 saturated carbocycles. The molecule has 1 aliphatic rings. The van der Waals surface area contributed by atoms with E-state index in [0.717, 1.165) is 5.56 Å². The van der Waals surface area contributed by atoms with Gasteiger partial charge >= 0.3 is 0 Å². The lowest BCUT2D eigenvalue weighted by Gasteiger charge is -2.28. The van der Waals surface area contributed by atoms with Gasteiger partial charge in [0.05, 0.1) is 12.7 Å². The number of aromatic nitrogens is 3. The Bertz CT molecular complexity index is 1510. The maximum atomic E-state index is 13.8. The molecule has 7 nitrogen and oxygen atoms in total. The summed E-state index contributed by atoms with van der Waals surface area (Å²) in [6, 6.07) is 19.0. The zero-order chi connectivity index (χ0) is 26.8. The Morgan fingerprint density at radius 2 is 1.82 bits per heavy atom. The van der Waals surface area contributed by atoms with E-state index in [2.05, 4.69) is 42.7 Å². The Hall–Kier alpha value is -4.11. The lowest BCUT2D eigenvalue weighted by molar-refractivity contribution is -0.113. The number of carbonyl (C=O) groups is 1. The molecule has 9 heteroatoms. The Kier molecular flexibility index (Phi) is 7.20. The summed E-state index contributed by atoms with van der Waals surface area (Å²) in [5.41, 5.74) is 6.13. The van der Waals surface area contributed by atoms with Crippen molar-refractivity contribution in [2.24, 2.45) is 0 Å². The molecular weight excluding hydrogens is 501 g/mol. The van der Waals surface area contributed by atoms with E-state index in [0.29, 0.717) is 39.6 Å². The summed E-state index contributed by atoms with van der Waals surface area (Å²) >= 11 is 1.53. The molecule has 1 atom stereocenters. The maximum absolute atomic E-state index is 13.8. The number of nitrogens with one attached hydrogen (secondary N) is 2. The fourth-order valence-corrected chi connectivity index (χ4v) is 5.37. The number of fused-ring (bicyclic) bond motifs is 1. The molecule has 2 heterocycles. The molecule has 1 unspecified atom stereocenters. The average molecular weight is 530 g/mol. The van der Waals surface area contributed by atoms with Crippen LogP contribution in [0.5, 0.6) is 5.75 Å². The van der Waals surface area contributed by atoms with Crippen molar-refractivity contribution < 1.29 is 13.9 Å². The number of halogens is 1. The average Bonchev–Trinajstić information content (AvgIpc) is 3.30. The fourth-order valence-electron chi connectivity index (χ4n) is 4.46. The van der Waals surface area contributed by atoms with Crippen LogP contribution in [0.25, 0.3) is 0 Å². The second-order valence-corrected chi connectivity index (χ2v) is 10.1. The first-order valence-corrected chi connectivity index (χ1v) is 13.1. The third kappa shape index (κ3) is 5.28. The molecule has 0 spiro atoms. The molecule has 0 fully saturated rings. The number of rotatable bonds is 7. The number of nitrogens with zero attached hydrogens (tertiary/aromatic N) is 3. The number of benzene rings is 3. The molecule has 1 aliphatic heterocycles. The van der Waals surface area contributed by atoms with E-state index in [1.807, 2.05) is 6.92 Å². The summed E-state index contributed by atoms with van der Waals surface area (Å²) in [4.78, 5) is 18.3. The van der Waals surface area contributed by atoms with Crippen molar-refractivity contribution in [2.75, 3.05) is 17.7 Å². The van der Waals surface area contributed by atoms with E-state index in [9.17, 15) is 9.18 Å². The predicted molar refractivity (Wildman–Crippen MR) is 148 cm³/mol. The summed E-state index contributed by atoms with van der Waals surface area (Å²) in [6.45, 7) is 6.01. The van der Waals surface area contributed by atoms with E-state index in [1.54, 1.807) is 48.2 Å². The van der Waals surface area contributed by atoms with Gasteiger partial charge in [0.25, 0.3) is 5.91 Å². The number of allylic oxidation sites excluding steroid dienone is 1. The second kappa shape index (κ2) is 10.7. The number of methoxy groups -OCH3 is 1. The van der Waals surface area contributed by atoms with Crippen molar-refractivity contribution in [3.05, 3.63) is 106 Å². The lowest BCUT2D eigenvalue weighted by Crippen LogP contribution is -2.31. The minimum atomic E-state index is -0.590. The zero-order valence-corrected chi connectivity index (χ0v) is 22.4. The molecule has 3 aromatic carbocycles. The number of hydrogen-bond acceptors (Lipinski definition) is 6. The Morgan fingerprint density at radius 3 is 2.50 bits per heavy atom. The largest absolute Gasteiger partial charge is 0.497 e. The highest BCUT2D eigenvalue weighted by Gasteiger charge is 2.34. The molecule has 38 heavy (non-hydrogen) atoms. The fraction of sp³-hybridized carbons (Fsp3) is 0.207. The Labute approximate surface area is 225 Å². The van der Waals surface area contributed by atoms with Gasteiger partial charge in [-0.1, -0.05) is 47.7 Å². The van der Waals surface area contributed by atoms with Crippen molar-refractivity contribution >= 4 is 29.3 Å². The Morgan fingerprint density at radius 1 is 1.08 bits per heavy atom. The highest BCUT2D eigenvalue weighted by Crippen LogP contribution is 2.37. The summed E-state index contributed by atoms with van der Waals surface area (Å²) < 4.78 is 20.7. The van der Waals surface area contributed by atoms with Crippen LogP contribution in [0.1, 0.15) is 35.2 Å². The first-order valence-electron chi connectivity index (χ1n) is 12.2. The molecule has 2 N–H and O–H groups in total. The van der Waals surface area contributed by atoms with E-state index in [1.165, 1.54) is 40.6 Å². The molecule has 194 valence electrons. The number of thioether (sulfide) groups is 1. The van der Waals surface area contributed by atoms with Gasteiger partial charge in [-0.3, -0.25) is 4.79 Å². The molecule has 1 aromatic heterocycles. The number of aryl methyl sites for hydroxylation is 2. The normalized spacial score (nSPS) is 14.6. The predicted octanol–water partition coefficient (Wildman–Crippen LogP) is 6.26. The van der Waals surface area contributed by atoms with Crippen LogP contribution in [0.4, 0.5) is 16.0 Å². The van der Waals surface area contributed by atoms with E-state index in [4.69, 9.17) is 14.8 Å². The third-order valence-corrected chi connectivity index (χ3v) is 7.35. The van der Waals surface area contributed by atoms with Gasteiger partial charge in [0.15, 0.2) is 0 Å². The van der Waals surface area contributed by atoms with Gasteiger partial charge in [-0.2, -0.15) is 4.98 Å². The van der Waals surface area contributed by atoms with Gasteiger partial charge in [0.2, 0.25) is 11.1 Å². The number of ether oxygens (including phenoxy) is 1. The van der Waals surface area contributed by atoms with E-state index < -0.39 is 6.04 Å². The van der Waals surface area contributed by atoms with E-state index in [-0.39, 0.29) is 11.7 Å². The lowest BCUT2D eigenvalue weighted by atomic mass is 9.95. The minimum absolute atomic E-state index is 0.292. The topological polar surface area (TPSA) is 81.1 Å². The third-order valence-electron chi connectivity index (χ3n) is 6.47. The monoisotopic (exact) mass is 529 g/mol. The van der Waals surface area contributed by atoms with Crippen LogP contribution in [-0.2, 0) is 10.5 Å². The summed E-state index contributed by atoms with van der Waals surface area (Å²) in [6.07, 6.45) is 0. The highest BCUT2D eigenvalue weighted by molar-refractivity contribution is 7.98. The number of hydrogen-bond donors (Lipinski definition) is 2. The van der Waals surface area contributed by atoms with Crippen molar-refractivity contribution in [1.82, 2.24) is 14.8 Å². The standard InChI is InChI=1S/C29H28FN5O2S/c1-17-5-6-21(18(2)15-17)16-38-29-33-28-31-19(3)25(27(36)32-23-11-13-24(37-4)14-12-23)26(35(28)34-29)20-7-9-22(30)10-8-20/h5-15,26H,16H2,1-4H3,(H,32,36)(H,31,33,34). The van der Waals surface area contributed by atoms with Crippen molar-refractivity contribution in [2.45, 2.75) is 37.7 Å². The summed E-state index contributed by atoms with van der Waals surface area (Å²) in [7, 11) is 1.59. The van der Waals surface area contributed by atoms with Gasteiger partial charge < -0.3 is 15.4 Å². The minimum Gasteiger partial charge on any atom is -0.497 e. The zero-order valence-electron chi connectivity index (χ0n) is 21.6. The van der Waals surface area contributed by atoms with Crippen LogP contribution in [-0.4, -0.2) is 27.8 Å². The van der Waals surface area contributed by atoms with Gasteiger partial charge in [-0.25, -0.2) is 9.07 Å². The molecule has 0 radical (unpaired) electrons. The summed E-state index contributed by atoms with van der Waals surface area (Å²) in [5.74, 6) is 1.30. The first-order chi connectivity index (χ1) is 18.3. The van der Waals surface area contributed by atoms with Crippen LogP contribution >= 0.6 is 11.8 Å². The molecule has 1 amide bonds. The Balaban J connectivity index is 1.46. The van der Waals surface area contributed by atoms with Crippen LogP contribution in [0.3, 0.4) is 0 Å². The second-order valence-electron chi connectivity index (χ2n) is 9.18. The van der Waals surface area contributed by atoms with Crippen LogP contribution in [0, 0.1) is 19.7 Å². The highest BCUT2D eigenvalue weighted by atomic mass is 32.2. The van der Waals surface area contributed by atoms with Crippen molar-refractivity contribution in [3.63, 3.8) is 0 Å². The SMILES string of the molecule is COc1ccc(NC(=O)C2=C(C)Nc3nc(SCc4ccc(C)cc4C)nn3C2c2ccc(F)cc2)cc1. The van der Waals surface area contributed by atoms with Crippen molar-refractivity contribution in [3.8, 4) is 5.75 Å². The first kappa shape index (κ1) is 25.5. The van der Waals surface area contributed by atoms with Gasteiger partial charge in [0, 0.05) is 17.1 Å². The molecule has 4 aromatic rings. The van der Waals surface area contributed by atoms with Gasteiger partial charge in [0.1, 0.15) is 17.6 Å². The van der Waals surface area contributed by atoms with Crippen LogP contribution < -0.4 is 15.4 Å². The van der Waals surface area contributed by atoms with E-state index >= 15 is 0 Å². The van der Waals surface area contributed by atoms with Crippen LogP contribution in [0.2, 0.25) is 0 Å². The maximum Gasteiger partial charge on any atom is 0.255 e. The molecular formula is C29H28FN5O2S. The molecule has 0 bridgehead atoms. The van der Waals surface area contributed by atoms with Gasteiger partial charge in [-0.15, -0.1) is 5.10 Å². The number of amides is 1. The summed E-state index contributed by atoms with van der Waals surface area (Å²) in [5, 5.41) is 11.6. The molecule has 0 aliphatic carbocycles. The molecule has 5 rings (SSSR count). The van der Waals surface area contributed by atoms with Crippen molar-refractivity contribution in [1.29, 1.82) is 0 Å². The number of carbonyl (C=O) groups excluding carboxylic acids is 1. The quantitative estimate of drug-likeness (QED) is 0.275. The molecule has 0 saturated heterocycles. The number of anilines is 2. The van der Waals surface area contributed by atoms with Gasteiger partial charge in [-0.05, 0) is 73.9 Å².